The normalized spacial score (nSPS) is 9.44. The van der Waals surface area contributed by atoms with Gasteiger partial charge in [0.05, 0.1) is 0 Å². The van der Waals surface area contributed by atoms with Crippen molar-refractivity contribution in [2.45, 2.75) is 0 Å². The Balaban J connectivity index is 3.33. The molecule has 1 nitrogen and oxygen atoms in total. The Morgan fingerprint density at radius 2 is 2.22 bits per heavy atom. The van der Waals surface area contributed by atoms with E-state index in [-0.39, 0.29) is 0 Å². The average Bonchev–Trinajstić information content (AvgIpc) is 1.59. The smallest absolute Gasteiger partial charge is 0.138 e. The summed E-state index contributed by atoms with van der Waals surface area (Å²) in [6.45, 7) is 0. The molecule has 2 radical (unpaired) electrons. The molecule has 1 rings (SSSR count). The fourth-order valence-electron chi connectivity index (χ4n) is 0.530. The number of hydrogen-bond donors (Lipinski definition) is 1. The standard InChI is InChI=1S/C5H3BINS/c6-4-1-3(7)2-5(9)8-4/h1-2H,(H,8,9). The number of H-pyrrole nitrogens is 1. The van der Waals surface area contributed by atoms with Crippen molar-refractivity contribution < 1.29 is 0 Å². The topological polar surface area (TPSA) is 15.8 Å². The molecule has 0 saturated heterocycles. The van der Waals surface area contributed by atoms with Gasteiger partial charge in [-0.15, -0.1) is 0 Å². The molecule has 0 atom stereocenters. The molecule has 1 N–H and O–H groups in total. The van der Waals surface area contributed by atoms with E-state index in [1.54, 1.807) is 0 Å². The highest BCUT2D eigenvalue weighted by molar-refractivity contribution is 14.1. The summed E-state index contributed by atoms with van der Waals surface area (Å²) in [5.74, 6) is 0. The minimum Gasteiger partial charge on any atom is -0.360 e. The van der Waals surface area contributed by atoms with Gasteiger partial charge in [-0.2, -0.15) is 0 Å². The minimum absolute atomic E-state index is 0.618. The number of aromatic nitrogens is 1. The lowest BCUT2D eigenvalue weighted by atomic mass is 10.1. The molecule has 0 spiro atoms. The molecule has 0 fully saturated rings. The van der Waals surface area contributed by atoms with Crippen LogP contribution in [0.5, 0.6) is 0 Å². The van der Waals surface area contributed by atoms with Gasteiger partial charge in [0.15, 0.2) is 0 Å². The maximum absolute atomic E-state index is 5.43. The highest BCUT2D eigenvalue weighted by Crippen LogP contribution is 1.98. The fraction of sp³-hybridized carbons (Fsp3) is 0. The molecule has 0 aliphatic rings. The second-order valence-electron chi connectivity index (χ2n) is 1.62. The van der Waals surface area contributed by atoms with Crippen LogP contribution in [-0.4, -0.2) is 12.8 Å². The van der Waals surface area contributed by atoms with Gasteiger partial charge in [0, 0.05) is 3.57 Å². The van der Waals surface area contributed by atoms with Crippen molar-refractivity contribution in [2.75, 3.05) is 0 Å². The van der Waals surface area contributed by atoms with E-state index in [1.165, 1.54) is 0 Å². The number of halogens is 1. The third kappa shape index (κ3) is 2.10. The fourth-order valence-corrected chi connectivity index (χ4v) is 1.63. The number of hydrogen-bond acceptors (Lipinski definition) is 1. The van der Waals surface area contributed by atoms with Crippen LogP contribution in [0.3, 0.4) is 0 Å². The van der Waals surface area contributed by atoms with Gasteiger partial charge in [0.1, 0.15) is 12.5 Å². The van der Waals surface area contributed by atoms with Crippen LogP contribution in [0.15, 0.2) is 12.1 Å². The van der Waals surface area contributed by atoms with Crippen LogP contribution in [0.1, 0.15) is 0 Å². The number of pyridine rings is 1. The Labute approximate surface area is 73.4 Å². The van der Waals surface area contributed by atoms with Crippen LogP contribution in [0.4, 0.5) is 0 Å². The summed E-state index contributed by atoms with van der Waals surface area (Å²) < 4.78 is 1.74. The molecule has 1 heterocycles. The molecule has 1 aromatic heterocycles. The van der Waals surface area contributed by atoms with E-state index in [9.17, 15) is 0 Å². The molecular formula is C5H3BINS. The van der Waals surface area contributed by atoms with Crippen molar-refractivity contribution in [3.05, 3.63) is 20.3 Å². The molecule has 0 aliphatic heterocycles. The Bertz CT molecular complexity index is 247. The van der Waals surface area contributed by atoms with Crippen molar-refractivity contribution in [3.8, 4) is 0 Å². The third-order valence-electron chi connectivity index (χ3n) is 0.830. The van der Waals surface area contributed by atoms with E-state index >= 15 is 0 Å². The number of aromatic amines is 1. The van der Waals surface area contributed by atoms with E-state index in [0.29, 0.717) is 10.2 Å². The Morgan fingerprint density at radius 1 is 1.56 bits per heavy atom. The molecule has 4 heteroatoms. The van der Waals surface area contributed by atoms with Crippen molar-refractivity contribution in [3.63, 3.8) is 0 Å². The Hall–Kier alpha value is 0.165. The van der Waals surface area contributed by atoms with Gasteiger partial charge in [-0.05, 0) is 40.3 Å². The van der Waals surface area contributed by atoms with Gasteiger partial charge in [-0.3, -0.25) is 0 Å². The zero-order valence-corrected chi connectivity index (χ0v) is 7.49. The second kappa shape index (κ2) is 2.83. The lowest BCUT2D eigenvalue weighted by Crippen LogP contribution is -2.07. The third-order valence-corrected chi connectivity index (χ3v) is 1.67. The lowest BCUT2D eigenvalue weighted by molar-refractivity contribution is 1.34. The van der Waals surface area contributed by atoms with E-state index in [1.807, 2.05) is 12.1 Å². The maximum atomic E-state index is 5.43. The van der Waals surface area contributed by atoms with Crippen LogP contribution in [0.25, 0.3) is 0 Å². The van der Waals surface area contributed by atoms with E-state index in [0.717, 1.165) is 3.57 Å². The first-order chi connectivity index (χ1) is 4.18. The monoisotopic (exact) mass is 247 g/mol. The summed E-state index contributed by atoms with van der Waals surface area (Å²) in [7, 11) is 5.43. The lowest BCUT2D eigenvalue weighted by Gasteiger charge is -1.92. The van der Waals surface area contributed by atoms with Gasteiger partial charge in [-0.25, -0.2) is 0 Å². The molecule has 0 aromatic carbocycles. The van der Waals surface area contributed by atoms with E-state index in [2.05, 4.69) is 27.6 Å². The first kappa shape index (κ1) is 7.27. The summed E-state index contributed by atoms with van der Waals surface area (Å²) in [6.07, 6.45) is 0. The zero-order valence-electron chi connectivity index (χ0n) is 4.52. The Kier molecular flexibility index (Phi) is 2.29. The zero-order chi connectivity index (χ0) is 6.85. The van der Waals surface area contributed by atoms with Crippen LogP contribution >= 0.6 is 34.8 Å². The van der Waals surface area contributed by atoms with Gasteiger partial charge >= 0.3 is 0 Å². The van der Waals surface area contributed by atoms with Gasteiger partial charge in [-0.1, -0.05) is 12.2 Å². The van der Waals surface area contributed by atoms with Crippen LogP contribution in [0.2, 0.25) is 0 Å². The van der Waals surface area contributed by atoms with Gasteiger partial charge < -0.3 is 4.98 Å². The largest absolute Gasteiger partial charge is 0.360 e. The number of rotatable bonds is 0. The SMILES string of the molecule is [B]c1cc(I)cc(=S)[nH]1. The molecule has 0 bridgehead atoms. The Morgan fingerprint density at radius 3 is 2.67 bits per heavy atom. The first-order valence-electron chi connectivity index (χ1n) is 2.34. The molecule has 0 aliphatic carbocycles. The summed E-state index contributed by atoms with van der Waals surface area (Å²) in [5, 5.41) is 0. The summed E-state index contributed by atoms with van der Waals surface area (Å²) in [5.41, 5.74) is 0.618. The molecule has 0 amide bonds. The molecular weight excluding hydrogens is 244 g/mol. The van der Waals surface area contributed by atoms with Crippen molar-refractivity contribution in [2.24, 2.45) is 0 Å². The molecule has 1 aromatic rings. The van der Waals surface area contributed by atoms with E-state index in [4.69, 9.17) is 20.1 Å². The molecule has 0 unspecified atom stereocenters. The van der Waals surface area contributed by atoms with E-state index < -0.39 is 0 Å². The van der Waals surface area contributed by atoms with Crippen molar-refractivity contribution in [1.29, 1.82) is 0 Å². The summed E-state index contributed by atoms with van der Waals surface area (Å²) in [6, 6.07) is 3.68. The molecule has 0 saturated carbocycles. The number of nitrogens with one attached hydrogen (secondary N) is 1. The second-order valence-corrected chi connectivity index (χ2v) is 3.30. The summed E-state index contributed by atoms with van der Waals surface area (Å²) in [4.78, 5) is 2.80. The quantitative estimate of drug-likeness (QED) is 0.413. The van der Waals surface area contributed by atoms with Gasteiger partial charge in [0.25, 0.3) is 0 Å². The average molecular weight is 247 g/mol. The minimum atomic E-state index is 0.618. The van der Waals surface area contributed by atoms with Crippen LogP contribution in [0, 0.1) is 8.21 Å². The van der Waals surface area contributed by atoms with Crippen LogP contribution < -0.4 is 5.59 Å². The van der Waals surface area contributed by atoms with Crippen molar-refractivity contribution in [1.82, 2.24) is 4.98 Å². The predicted molar refractivity (Wildman–Crippen MR) is 49.7 cm³/mol. The van der Waals surface area contributed by atoms with Crippen molar-refractivity contribution >= 4 is 48.2 Å². The van der Waals surface area contributed by atoms with Gasteiger partial charge in [0.2, 0.25) is 0 Å². The molecule has 44 valence electrons. The highest BCUT2D eigenvalue weighted by Gasteiger charge is 1.85. The van der Waals surface area contributed by atoms with Crippen LogP contribution in [-0.2, 0) is 0 Å². The summed E-state index contributed by atoms with van der Waals surface area (Å²) >= 11 is 7.01. The predicted octanol–water partition coefficient (Wildman–Crippen LogP) is 1.14. The maximum Gasteiger partial charge on any atom is 0.138 e. The first-order valence-corrected chi connectivity index (χ1v) is 3.82. The molecule has 9 heavy (non-hydrogen) atoms. The highest BCUT2D eigenvalue weighted by atomic mass is 127.